The van der Waals surface area contributed by atoms with Crippen molar-refractivity contribution in [3.05, 3.63) is 30.0 Å². The maximum absolute atomic E-state index is 9.08. The minimum absolute atomic E-state index is 0.249. The number of phenols is 1. The van der Waals surface area contributed by atoms with E-state index in [1.807, 2.05) is 6.08 Å². The molecule has 0 unspecified atom stereocenters. The van der Waals surface area contributed by atoms with Gasteiger partial charge in [-0.15, -0.1) is 0 Å². The van der Waals surface area contributed by atoms with Gasteiger partial charge >= 0.3 is 0 Å². The Bertz CT molecular complexity index is 307. The van der Waals surface area contributed by atoms with Gasteiger partial charge in [-0.1, -0.05) is 0 Å². The van der Waals surface area contributed by atoms with Crippen molar-refractivity contribution in [1.29, 1.82) is 0 Å². The maximum Gasteiger partial charge on any atom is 0.162 e. The zero-order valence-electron chi connectivity index (χ0n) is 5.74. The van der Waals surface area contributed by atoms with Gasteiger partial charge in [0.1, 0.15) is 5.75 Å². The van der Waals surface area contributed by atoms with Crippen molar-refractivity contribution in [2.75, 3.05) is 0 Å². The first kappa shape index (κ1) is 6.09. The summed E-state index contributed by atoms with van der Waals surface area (Å²) in [4.78, 5) is 5.03. The van der Waals surface area contributed by atoms with E-state index in [0.29, 0.717) is 0 Å². The molecule has 3 nitrogen and oxygen atoms in total. The lowest BCUT2D eigenvalue weighted by Crippen LogP contribution is -2.13. The fraction of sp³-hybridized carbons (Fsp3) is 0. The molecule has 1 aliphatic heterocycles. The summed E-state index contributed by atoms with van der Waals surface area (Å²) in [5, 5.41) is 9.08. The number of hydrogen-bond acceptors (Lipinski definition) is 3. The van der Waals surface area contributed by atoms with Crippen LogP contribution in [-0.4, -0.2) is 5.11 Å². The summed E-state index contributed by atoms with van der Waals surface area (Å²) in [6.45, 7) is 0. The average molecular weight is 149 g/mol. The van der Waals surface area contributed by atoms with Crippen LogP contribution in [0.25, 0.3) is 6.08 Å². The second kappa shape index (κ2) is 2.20. The molecule has 3 heteroatoms. The number of fused-ring (bicyclic) bond motifs is 1. The lowest BCUT2D eigenvalue weighted by atomic mass is 10.2. The van der Waals surface area contributed by atoms with Gasteiger partial charge in [-0.05, 0) is 24.3 Å². The highest BCUT2D eigenvalue weighted by Crippen LogP contribution is 2.25. The van der Waals surface area contributed by atoms with Gasteiger partial charge < -0.3 is 9.94 Å². The summed E-state index contributed by atoms with van der Waals surface area (Å²) < 4.78 is 0. The van der Waals surface area contributed by atoms with Gasteiger partial charge in [-0.2, -0.15) is 0 Å². The quantitative estimate of drug-likeness (QED) is 0.583. The molecule has 0 saturated heterocycles. The van der Waals surface area contributed by atoms with Crippen molar-refractivity contribution in [2.45, 2.75) is 0 Å². The first-order valence-electron chi connectivity index (χ1n) is 3.28. The van der Waals surface area contributed by atoms with Crippen molar-refractivity contribution < 1.29 is 9.94 Å². The molecule has 2 N–H and O–H groups in total. The van der Waals surface area contributed by atoms with Crippen molar-refractivity contribution in [2.24, 2.45) is 0 Å². The lowest BCUT2D eigenvalue weighted by molar-refractivity contribution is 0.239. The van der Waals surface area contributed by atoms with Crippen LogP contribution in [0.4, 0.5) is 0 Å². The smallest absolute Gasteiger partial charge is 0.162 e. The van der Waals surface area contributed by atoms with E-state index in [1.165, 1.54) is 0 Å². The Hall–Kier alpha value is -1.64. The summed E-state index contributed by atoms with van der Waals surface area (Å²) in [5.74, 6) is 0.976. The molecule has 1 heterocycles. The van der Waals surface area contributed by atoms with Crippen LogP contribution in [0.3, 0.4) is 0 Å². The van der Waals surface area contributed by atoms with Crippen molar-refractivity contribution in [3.8, 4) is 11.5 Å². The molecular formula is C8H7NO2. The van der Waals surface area contributed by atoms with E-state index in [9.17, 15) is 0 Å². The zero-order chi connectivity index (χ0) is 7.68. The van der Waals surface area contributed by atoms with E-state index in [2.05, 4.69) is 5.48 Å². The molecule has 1 aromatic rings. The summed E-state index contributed by atoms with van der Waals surface area (Å²) >= 11 is 0. The highest BCUT2D eigenvalue weighted by atomic mass is 16.6. The predicted molar refractivity (Wildman–Crippen MR) is 40.9 cm³/mol. The lowest BCUT2D eigenvalue weighted by Gasteiger charge is -2.11. The predicted octanol–water partition coefficient (Wildman–Crippen LogP) is 1.26. The van der Waals surface area contributed by atoms with Gasteiger partial charge in [0.05, 0.1) is 0 Å². The molecule has 0 atom stereocenters. The summed E-state index contributed by atoms with van der Waals surface area (Å²) in [6, 6.07) is 4.94. The molecule has 0 amide bonds. The van der Waals surface area contributed by atoms with Crippen molar-refractivity contribution in [1.82, 2.24) is 5.48 Å². The Labute approximate surface area is 63.9 Å². The molecule has 0 spiro atoms. The molecule has 0 bridgehead atoms. The van der Waals surface area contributed by atoms with Gasteiger partial charge in [0.15, 0.2) is 5.75 Å². The Morgan fingerprint density at radius 1 is 1.36 bits per heavy atom. The van der Waals surface area contributed by atoms with Crippen LogP contribution in [0.5, 0.6) is 11.5 Å². The number of hydroxylamine groups is 1. The first-order valence-corrected chi connectivity index (χ1v) is 3.28. The van der Waals surface area contributed by atoms with Crippen LogP contribution in [0.15, 0.2) is 24.4 Å². The minimum atomic E-state index is 0.249. The molecule has 0 saturated carbocycles. The molecule has 11 heavy (non-hydrogen) atoms. The number of rotatable bonds is 0. The Morgan fingerprint density at radius 3 is 3.18 bits per heavy atom. The molecule has 1 aromatic carbocycles. The maximum atomic E-state index is 9.08. The van der Waals surface area contributed by atoms with Gasteiger partial charge in [0.2, 0.25) is 0 Å². The third kappa shape index (κ3) is 1.00. The molecule has 56 valence electrons. The number of aromatic hydroxyl groups is 1. The van der Waals surface area contributed by atoms with Gasteiger partial charge in [-0.25, -0.2) is 5.48 Å². The topological polar surface area (TPSA) is 41.5 Å². The van der Waals surface area contributed by atoms with Gasteiger partial charge in [-0.3, -0.25) is 0 Å². The Balaban J connectivity index is 2.54. The van der Waals surface area contributed by atoms with Gasteiger partial charge in [0.25, 0.3) is 0 Å². The molecule has 0 fully saturated rings. The molecule has 1 aliphatic rings. The van der Waals surface area contributed by atoms with Crippen molar-refractivity contribution >= 4 is 6.08 Å². The second-order valence-corrected chi connectivity index (χ2v) is 2.28. The van der Waals surface area contributed by atoms with E-state index >= 15 is 0 Å². The number of hydrogen-bond donors (Lipinski definition) is 2. The van der Waals surface area contributed by atoms with E-state index < -0.39 is 0 Å². The zero-order valence-corrected chi connectivity index (χ0v) is 5.74. The monoisotopic (exact) mass is 149 g/mol. The third-order valence-electron chi connectivity index (χ3n) is 1.49. The van der Waals surface area contributed by atoms with Crippen LogP contribution >= 0.6 is 0 Å². The molecule has 0 radical (unpaired) electrons. The minimum Gasteiger partial charge on any atom is -0.508 e. The third-order valence-corrected chi connectivity index (χ3v) is 1.49. The standard InChI is InChI=1S/C8H7NO2/c10-7-1-2-8-6(5-7)3-4-9-11-8/h1-5,9-10H. The van der Waals surface area contributed by atoms with E-state index in [0.717, 1.165) is 11.3 Å². The summed E-state index contributed by atoms with van der Waals surface area (Å²) in [6.07, 6.45) is 3.50. The number of phenolic OH excluding ortho intramolecular Hbond substituents is 1. The first-order chi connectivity index (χ1) is 5.36. The largest absolute Gasteiger partial charge is 0.508 e. The molecule has 0 aromatic heterocycles. The van der Waals surface area contributed by atoms with Crippen LogP contribution in [-0.2, 0) is 0 Å². The highest BCUT2D eigenvalue weighted by molar-refractivity contribution is 5.60. The number of nitrogens with one attached hydrogen (secondary N) is 1. The molecular weight excluding hydrogens is 142 g/mol. The molecule has 2 rings (SSSR count). The van der Waals surface area contributed by atoms with E-state index in [1.54, 1.807) is 24.4 Å². The van der Waals surface area contributed by atoms with E-state index in [-0.39, 0.29) is 5.75 Å². The normalized spacial score (nSPS) is 13.1. The summed E-state index contributed by atoms with van der Waals surface area (Å²) in [7, 11) is 0. The van der Waals surface area contributed by atoms with Crippen molar-refractivity contribution in [3.63, 3.8) is 0 Å². The Morgan fingerprint density at radius 2 is 2.27 bits per heavy atom. The SMILES string of the molecule is Oc1ccc2c(c1)C=CNO2. The average Bonchev–Trinajstić information content (AvgIpc) is 2.04. The van der Waals surface area contributed by atoms with E-state index in [4.69, 9.17) is 9.94 Å². The summed E-state index contributed by atoms with van der Waals surface area (Å²) in [5.41, 5.74) is 3.48. The highest BCUT2D eigenvalue weighted by Gasteiger charge is 2.04. The second-order valence-electron chi connectivity index (χ2n) is 2.28. The van der Waals surface area contributed by atoms with Crippen LogP contribution in [0.2, 0.25) is 0 Å². The Kier molecular flexibility index (Phi) is 1.22. The van der Waals surface area contributed by atoms with Crippen LogP contribution < -0.4 is 10.3 Å². The number of benzene rings is 1. The molecule has 0 aliphatic carbocycles. The van der Waals surface area contributed by atoms with Crippen LogP contribution in [0.1, 0.15) is 5.56 Å². The fourth-order valence-electron chi connectivity index (χ4n) is 0.980. The fourth-order valence-corrected chi connectivity index (χ4v) is 0.980. The van der Waals surface area contributed by atoms with Crippen LogP contribution in [0, 0.1) is 0 Å². The van der Waals surface area contributed by atoms with Gasteiger partial charge in [0, 0.05) is 11.8 Å².